The second kappa shape index (κ2) is 6.86. The van der Waals surface area contributed by atoms with Crippen LogP contribution in [0, 0.1) is 0 Å². The van der Waals surface area contributed by atoms with Crippen LogP contribution in [0.3, 0.4) is 0 Å². The average Bonchev–Trinajstić information content (AvgIpc) is 3.03. The van der Waals surface area contributed by atoms with Crippen LogP contribution < -0.4 is 4.74 Å². The number of likely N-dealkylation sites (tertiary alicyclic amines) is 1. The van der Waals surface area contributed by atoms with Crippen molar-refractivity contribution in [1.82, 2.24) is 4.90 Å². The molecule has 2 aliphatic rings. The van der Waals surface area contributed by atoms with Crippen molar-refractivity contribution < 1.29 is 4.74 Å². The fourth-order valence-electron chi connectivity index (χ4n) is 4.83. The molecule has 1 aliphatic carbocycles. The molecule has 1 saturated heterocycles. The Bertz CT molecular complexity index is 932. The quantitative estimate of drug-likeness (QED) is 0.587. The first-order valence-corrected chi connectivity index (χ1v) is 9.88. The maximum Gasteiger partial charge on any atom is 0.118 e. The first-order valence-electron chi connectivity index (χ1n) is 9.88. The van der Waals surface area contributed by atoms with Crippen molar-refractivity contribution in [3.63, 3.8) is 0 Å². The molecular formula is C25H25NO. The van der Waals surface area contributed by atoms with E-state index >= 15 is 0 Å². The summed E-state index contributed by atoms with van der Waals surface area (Å²) in [7, 11) is 1.71. The fourth-order valence-corrected chi connectivity index (χ4v) is 4.83. The van der Waals surface area contributed by atoms with Crippen molar-refractivity contribution in [3.05, 3.63) is 89.5 Å². The molecule has 3 aromatic rings. The zero-order chi connectivity index (χ0) is 18.2. The molecule has 1 heterocycles. The van der Waals surface area contributed by atoms with E-state index in [4.69, 9.17) is 4.74 Å². The van der Waals surface area contributed by atoms with Gasteiger partial charge >= 0.3 is 0 Å². The van der Waals surface area contributed by atoms with Gasteiger partial charge in [0.15, 0.2) is 0 Å². The van der Waals surface area contributed by atoms with Crippen LogP contribution in [0.15, 0.2) is 72.8 Å². The molecule has 0 amide bonds. The third kappa shape index (κ3) is 3.04. The molecule has 5 rings (SSSR count). The zero-order valence-electron chi connectivity index (χ0n) is 15.8. The molecule has 2 nitrogen and oxygen atoms in total. The molecule has 1 aliphatic heterocycles. The highest BCUT2D eigenvalue weighted by atomic mass is 16.5. The number of rotatable bonds is 4. The molecule has 0 N–H and O–H groups in total. The van der Waals surface area contributed by atoms with Gasteiger partial charge in [0.1, 0.15) is 5.75 Å². The first-order chi connectivity index (χ1) is 13.3. The Morgan fingerprint density at radius 3 is 2.44 bits per heavy atom. The van der Waals surface area contributed by atoms with Crippen molar-refractivity contribution in [2.24, 2.45) is 0 Å². The van der Waals surface area contributed by atoms with Gasteiger partial charge in [-0.2, -0.15) is 0 Å². The molecule has 2 heteroatoms. The van der Waals surface area contributed by atoms with Gasteiger partial charge < -0.3 is 4.74 Å². The van der Waals surface area contributed by atoms with Crippen LogP contribution >= 0.6 is 0 Å². The Morgan fingerprint density at radius 2 is 1.67 bits per heavy atom. The Hall–Kier alpha value is -2.58. The smallest absolute Gasteiger partial charge is 0.118 e. The summed E-state index contributed by atoms with van der Waals surface area (Å²) in [5.41, 5.74) is 7.10. The summed E-state index contributed by atoms with van der Waals surface area (Å²) in [6.07, 6.45) is 2.55. The lowest BCUT2D eigenvalue weighted by molar-refractivity contribution is 0.145. The Morgan fingerprint density at radius 1 is 0.889 bits per heavy atom. The summed E-state index contributed by atoms with van der Waals surface area (Å²) in [5, 5.41) is 0. The summed E-state index contributed by atoms with van der Waals surface area (Å²) in [5.74, 6) is 1.65. The van der Waals surface area contributed by atoms with Crippen LogP contribution in [-0.2, 0) is 6.54 Å². The molecule has 1 fully saturated rings. The standard InChI is InChI=1S/C25H25NO/c1-27-22-10-7-19(8-11-22)20-9-12-23-21-13-14-26(25(16-21)24(23)15-20)17-18-5-3-2-4-6-18/h2-12,15,21,25H,13-14,16-17H2,1H3/t21?,25-/m1/s1. The normalized spacial score (nSPS) is 21.1. The Kier molecular flexibility index (Phi) is 4.21. The Labute approximate surface area is 161 Å². The lowest BCUT2D eigenvalue weighted by Gasteiger charge is -2.33. The number of hydrogen-bond acceptors (Lipinski definition) is 2. The van der Waals surface area contributed by atoms with Gasteiger partial charge in [-0.25, -0.2) is 0 Å². The van der Waals surface area contributed by atoms with Crippen molar-refractivity contribution >= 4 is 0 Å². The molecular weight excluding hydrogens is 330 g/mol. The molecule has 27 heavy (non-hydrogen) atoms. The van der Waals surface area contributed by atoms with E-state index in [1.54, 1.807) is 18.2 Å². The van der Waals surface area contributed by atoms with Crippen LogP contribution in [-0.4, -0.2) is 18.6 Å². The average molecular weight is 355 g/mol. The van der Waals surface area contributed by atoms with Crippen molar-refractivity contribution in [2.75, 3.05) is 13.7 Å². The highest BCUT2D eigenvalue weighted by Gasteiger charge is 2.38. The molecule has 2 bridgehead atoms. The topological polar surface area (TPSA) is 12.5 Å². The number of piperidine rings is 1. The maximum atomic E-state index is 5.30. The van der Waals surface area contributed by atoms with Crippen molar-refractivity contribution in [2.45, 2.75) is 31.3 Å². The number of benzene rings is 3. The predicted octanol–water partition coefficient (Wildman–Crippen LogP) is 5.80. The molecule has 0 saturated carbocycles. The third-order valence-electron chi connectivity index (χ3n) is 6.25. The van der Waals surface area contributed by atoms with Gasteiger partial charge in [0.05, 0.1) is 7.11 Å². The van der Waals surface area contributed by atoms with Crippen LogP contribution in [0.4, 0.5) is 0 Å². The second-order valence-electron chi connectivity index (χ2n) is 7.77. The van der Waals surface area contributed by atoms with E-state index in [9.17, 15) is 0 Å². The van der Waals surface area contributed by atoms with Gasteiger partial charge in [0.25, 0.3) is 0 Å². The Balaban J connectivity index is 1.46. The van der Waals surface area contributed by atoms with Gasteiger partial charge in [-0.3, -0.25) is 4.90 Å². The van der Waals surface area contributed by atoms with Gasteiger partial charge in [-0.15, -0.1) is 0 Å². The third-order valence-corrected chi connectivity index (χ3v) is 6.25. The number of fused-ring (bicyclic) bond motifs is 5. The lowest BCUT2D eigenvalue weighted by atomic mass is 9.94. The van der Waals surface area contributed by atoms with Gasteiger partial charge in [0.2, 0.25) is 0 Å². The van der Waals surface area contributed by atoms with E-state index in [2.05, 4.69) is 65.6 Å². The van der Waals surface area contributed by atoms with Crippen molar-refractivity contribution in [1.29, 1.82) is 0 Å². The molecule has 0 spiro atoms. The van der Waals surface area contributed by atoms with Crippen LogP contribution in [0.2, 0.25) is 0 Å². The number of methoxy groups -OCH3 is 1. The lowest BCUT2D eigenvalue weighted by Crippen LogP contribution is -2.31. The largest absolute Gasteiger partial charge is 0.497 e. The second-order valence-corrected chi connectivity index (χ2v) is 7.77. The molecule has 0 radical (unpaired) electrons. The SMILES string of the molecule is COc1ccc(-c2ccc3c(c2)[C@H]2CC3CCN2Cc2ccccc2)cc1. The molecule has 0 aromatic heterocycles. The minimum absolute atomic E-state index is 0.553. The molecule has 1 unspecified atom stereocenters. The van der Waals surface area contributed by atoms with E-state index in [0.717, 1.165) is 18.2 Å². The maximum absolute atomic E-state index is 5.30. The summed E-state index contributed by atoms with van der Waals surface area (Å²) in [4.78, 5) is 2.68. The minimum atomic E-state index is 0.553. The zero-order valence-corrected chi connectivity index (χ0v) is 15.8. The van der Waals surface area contributed by atoms with Crippen LogP contribution in [0.5, 0.6) is 5.75 Å². The minimum Gasteiger partial charge on any atom is -0.497 e. The van der Waals surface area contributed by atoms with Gasteiger partial charge in [-0.1, -0.05) is 54.6 Å². The molecule has 136 valence electrons. The molecule has 3 aromatic carbocycles. The number of ether oxygens (including phenoxy) is 1. The van der Waals surface area contributed by atoms with Crippen LogP contribution in [0.1, 0.15) is 41.5 Å². The number of nitrogens with zero attached hydrogens (tertiary/aromatic N) is 1. The number of hydrogen-bond donors (Lipinski definition) is 0. The van der Waals surface area contributed by atoms with E-state index < -0.39 is 0 Å². The van der Waals surface area contributed by atoms with Gasteiger partial charge in [-0.05, 0) is 71.3 Å². The van der Waals surface area contributed by atoms with Crippen molar-refractivity contribution in [3.8, 4) is 16.9 Å². The summed E-state index contributed by atoms with van der Waals surface area (Å²) >= 11 is 0. The predicted molar refractivity (Wildman–Crippen MR) is 110 cm³/mol. The van der Waals surface area contributed by atoms with Gasteiger partial charge in [0, 0.05) is 12.6 Å². The summed E-state index contributed by atoms with van der Waals surface area (Å²) in [6.45, 7) is 2.24. The fraction of sp³-hybridized carbons (Fsp3) is 0.280. The van der Waals surface area contributed by atoms with E-state index in [1.165, 1.54) is 36.1 Å². The first kappa shape index (κ1) is 16.6. The summed E-state index contributed by atoms with van der Waals surface area (Å²) in [6, 6.07) is 26.9. The highest BCUT2D eigenvalue weighted by Crippen LogP contribution is 2.50. The van der Waals surface area contributed by atoms with E-state index in [0.29, 0.717) is 6.04 Å². The van der Waals surface area contributed by atoms with E-state index in [-0.39, 0.29) is 0 Å². The van der Waals surface area contributed by atoms with Crippen LogP contribution in [0.25, 0.3) is 11.1 Å². The highest BCUT2D eigenvalue weighted by molar-refractivity contribution is 5.66. The monoisotopic (exact) mass is 355 g/mol. The molecule has 2 atom stereocenters. The van der Waals surface area contributed by atoms with E-state index in [1.807, 2.05) is 12.1 Å². The summed E-state index contributed by atoms with van der Waals surface area (Å²) < 4.78 is 5.30.